The molecule has 180 valence electrons. The van der Waals surface area contributed by atoms with E-state index in [0.29, 0.717) is 28.1 Å². The van der Waals surface area contributed by atoms with Gasteiger partial charge in [-0.25, -0.2) is 4.79 Å². The van der Waals surface area contributed by atoms with Gasteiger partial charge >= 0.3 is 5.97 Å². The first kappa shape index (κ1) is 25.5. The molecule has 0 spiro atoms. The van der Waals surface area contributed by atoms with Crippen LogP contribution in [0.4, 0.5) is 5.00 Å². The molecule has 1 N–H and O–H groups in total. The SMILES string of the molecule is C=CCn1c(COc2ccc(CC)cc2)nnc1SCC(=O)Nc1sc(C)cc1C(=O)OCC. The smallest absolute Gasteiger partial charge is 0.341 e. The van der Waals surface area contributed by atoms with E-state index in [4.69, 9.17) is 9.47 Å². The largest absolute Gasteiger partial charge is 0.486 e. The number of hydrogen-bond donors (Lipinski definition) is 1. The third kappa shape index (κ3) is 6.71. The predicted molar refractivity (Wildman–Crippen MR) is 135 cm³/mol. The first-order chi connectivity index (χ1) is 16.4. The Morgan fingerprint density at radius 3 is 2.68 bits per heavy atom. The lowest BCUT2D eigenvalue weighted by molar-refractivity contribution is -0.113. The van der Waals surface area contributed by atoms with Gasteiger partial charge in [-0.2, -0.15) is 0 Å². The summed E-state index contributed by atoms with van der Waals surface area (Å²) in [6, 6.07) is 9.65. The average molecular weight is 501 g/mol. The summed E-state index contributed by atoms with van der Waals surface area (Å²) in [7, 11) is 0. The van der Waals surface area contributed by atoms with Crippen LogP contribution in [-0.4, -0.2) is 39.0 Å². The van der Waals surface area contributed by atoms with Crippen LogP contribution in [0.25, 0.3) is 0 Å². The summed E-state index contributed by atoms with van der Waals surface area (Å²) < 4.78 is 12.8. The molecular formula is C24H28N4O4S2. The van der Waals surface area contributed by atoms with E-state index in [2.05, 4.69) is 29.0 Å². The summed E-state index contributed by atoms with van der Waals surface area (Å²) in [6.07, 6.45) is 2.71. The topological polar surface area (TPSA) is 95.3 Å². The second-order valence-electron chi connectivity index (χ2n) is 7.24. The molecule has 0 aliphatic carbocycles. The molecule has 3 aromatic rings. The van der Waals surface area contributed by atoms with Gasteiger partial charge in [-0.05, 0) is 44.0 Å². The zero-order valence-corrected chi connectivity index (χ0v) is 21.1. The van der Waals surface area contributed by atoms with E-state index in [1.54, 1.807) is 19.1 Å². The number of thioether (sulfide) groups is 1. The van der Waals surface area contributed by atoms with Crippen molar-refractivity contribution in [3.63, 3.8) is 0 Å². The number of thiophene rings is 1. The maximum absolute atomic E-state index is 12.6. The molecule has 0 aliphatic heterocycles. The molecule has 0 radical (unpaired) electrons. The van der Waals surface area contributed by atoms with Crippen LogP contribution in [0.2, 0.25) is 0 Å². The van der Waals surface area contributed by atoms with Crippen molar-refractivity contribution in [2.24, 2.45) is 0 Å². The first-order valence-corrected chi connectivity index (χ1v) is 12.7. The number of aryl methyl sites for hydroxylation is 2. The van der Waals surface area contributed by atoms with E-state index in [1.807, 2.05) is 35.8 Å². The molecule has 2 aromatic heterocycles. The van der Waals surface area contributed by atoms with Crippen LogP contribution < -0.4 is 10.1 Å². The van der Waals surface area contributed by atoms with Gasteiger partial charge < -0.3 is 14.8 Å². The minimum Gasteiger partial charge on any atom is -0.486 e. The molecule has 1 aromatic carbocycles. The lowest BCUT2D eigenvalue weighted by Gasteiger charge is -2.10. The van der Waals surface area contributed by atoms with Gasteiger partial charge in [0.2, 0.25) is 5.91 Å². The highest BCUT2D eigenvalue weighted by Crippen LogP contribution is 2.29. The van der Waals surface area contributed by atoms with Crippen molar-refractivity contribution in [1.82, 2.24) is 14.8 Å². The number of aromatic nitrogens is 3. The van der Waals surface area contributed by atoms with Crippen LogP contribution in [0.3, 0.4) is 0 Å². The van der Waals surface area contributed by atoms with Crippen molar-refractivity contribution in [3.05, 3.63) is 64.8 Å². The highest BCUT2D eigenvalue weighted by atomic mass is 32.2. The summed E-state index contributed by atoms with van der Waals surface area (Å²) in [6.45, 7) is 10.5. The molecule has 0 saturated carbocycles. The molecular weight excluding hydrogens is 472 g/mol. The van der Waals surface area contributed by atoms with Crippen LogP contribution in [0.1, 0.15) is 40.5 Å². The fourth-order valence-electron chi connectivity index (χ4n) is 3.07. The van der Waals surface area contributed by atoms with Crippen LogP contribution in [0, 0.1) is 6.92 Å². The van der Waals surface area contributed by atoms with E-state index >= 15 is 0 Å². The normalized spacial score (nSPS) is 10.7. The van der Waals surface area contributed by atoms with E-state index in [0.717, 1.165) is 17.0 Å². The maximum Gasteiger partial charge on any atom is 0.341 e. The number of anilines is 1. The van der Waals surface area contributed by atoms with Crippen molar-refractivity contribution in [1.29, 1.82) is 0 Å². The minimum absolute atomic E-state index is 0.105. The van der Waals surface area contributed by atoms with Crippen LogP contribution in [0.5, 0.6) is 5.75 Å². The summed E-state index contributed by atoms with van der Waals surface area (Å²) in [4.78, 5) is 25.6. The molecule has 0 atom stereocenters. The Balaban J connectivity index is 1.62. The van der Waals surface area contributed by atoms with Gasteiger partial charge in [-0.1, -0.05) is 36.9 Å². The average Bonchev–Trinajstić information content (AvgIpc) is 3.39. The van der Waals surface area contributed by atoms with E-state index in [9.17, 15) is 9.59 Å². The fourth-order valence-corrected chi connectivity index (χ4v) is 4.76. The number of esters is 1. The Bertz CT molecular complexity index is 1140. The Morgan fingerprint density at radius 2 is 2.00 bits per heavy atom. The first-order valence-electron chi connectivity index (χ1n) is 10.9. The number of nitrogens with zero attached hydrogens (tertiary/aromatic N) is 3. The molecule has 0 fully saturated rings. The van der Waals surface area contributed by atoms with Gasteiger partial charge in [0.15, 0.2) is 11.0 Å². The molecule has 2 heterocycles. The molecule has 0 saturated heterocycles. The third-order valence-corrected chi connectivity index (χ3v) is 6.67. The highest BCUT2D eigenvalue weighted by Gasteiger charge is 2.19. The van der Waals surface area contributed by atoms with Crippen molar-refractivity contribution in [2.75, 3.05) is 17.7 Å². The number of hydrogen-bond acceptors (Lipinski definition) is 8. The number of allylic oxidation sites excluding steroid dienone is 1. The van der Waals surface area contributed by atoms with Gasteiger partial charge in [-0.15, -0.1) is 28.1 Å². The molecule has 8 nitrogen and oxygen atoms in total. The minimum atomic E-state index is -0.450. The van der Waals surface area contributed by atoms with Crippen LogP contribution >= 0.6 is 23.1 Å². The molecule has 10 heteroatoms. The standard InChI is InChI=1S/C24H28N4O4S2/c1-5-12-28-20(14-32-18-10-8-17(6-2)9-11-18)26-27-24(28)33-15-21(29)25-22-19(13-16(4)34-22)23(30)31-7-3/h5,8-11,13H,1,6-7,12,14-15H2,2-4H3,(H,25,29). The van der Waals surface area contributed by atoms with Crippen molar-refractivity contribution in [2.45, 2.75) is 45.5 Å². The number of amides is 1. The summed E-state index contributed by atoms with van der Waals surface area (Å²) >= 11 is 2.59. The third-order valence-electron chi connectivity index (χ3n) is 4.74. The molecule has 0 aliphatic rings. The van der Waals surface area contributed by atoms with Gasteiger partial charge in [0.1, 0.15) is 17.4 Å². The molecule has 0 unspecified atom stereocenters. The monoisotopic (exact) mass is 500 g/mol. The Kier molecular flexibility index (Phi) is 9.29. The summed E-state index contributed by atoms with van der Waals surface area (Å²) in [5.74, 6) is 0.797. The number of ether oxygens (including phenoxy) is 2. The lowest BCUT2D eigenvalue weighted by atomic mass is 10.2. The predicted octanol–water partition coefficient (Wildman–Crippen LogP) is 4.88. The maximum atomic E-state index is 12.6. The van der Waals surface area contributed by atoms with Gasteiger partial charge in [0.25, 0.3) is 0 Å². The van der Waals surface area contributed by atoms with Crippen LogP contribution in [-0.2, 0) is 29.1 Å². The highest BCUT2D eigenvalue weighted by molar-refractivity contribution is 7.99. The zero-order valence-electron chi connectivity index (χ0n) is 19.5. The van der Waals surface area contributed by atoms with Gasteiger partial charge in [0, 0.05) is 11.4 Å². The number of benzene rings is 1. The number of nitrogens with one attached hydrogen (secondary N) is 1. The van der Waals surface area contributed by atoms with Crippen molar-refractivity contribution < 1.29 is 19.1 Å². The van der Waals surface area contributed by atoms with Gasteiger partial charge in [-0.3, -0.25) is 9.36 Å². The zero-order chi connectivity index (χ0) is 24.5. The lowest BCUT2D eigenvalue weighted by Crippen LogP contribution is -2.16. The Hall–Kier alpha value is -3.11. The molecule has 3 rings (SSSR count). The second kappa shape index (κ2) is 12.4. The quantitative estimate of drug-likeness (QED) is 0.215. The van der Waals surface area contributed by atoms with Crippen LogP contribution in [0.15, 0.2) is 48.1 Å². The molecule has 34 heavy (non-hydrogen) atoms. The van der Waals surface area contributed by atoms with Gasteiger partial charge in [0.05, 0.1) is 17.9 Å². The number of carbonyl (C=O) groups excluding carboxylic acids is 2. The van der Waals surface area contributed by atoms with E-state index in [1.165, 1.54) is 28.7 Å². The number of carbonyl (C=O) groups is 2. The second-order valence-corrected chi connectivity index (χ2v) is 9.44. The molecule has 1 amide bonds. The Labute approximate surface area is 207 Å². The van der Waals surface area contributed by atoms with E-state index < -0.39 is 5.97 Å². The Morgan fingerprint density at radius 1 is 1.24 bits per heavy atom. The van der Waals surface area contributed by atoms with Crippen molar-refractivity contribution in [3.8, 4) is 5.75 Å². The fraction of sp³-hybridized carbons (Fsp3) is 0.333. The van der Waals surface area contributed by atoms with Crippen molar-refractivity contribution >= 4 is 40.0 Å². The molecule has 0 bridgehead atoms. The summed E-state index contributed by atoms with van der Waals surface area (Å²) in [5, 5.41) is 12.3. The number of rotatable bonds is 12. The summed E-state index contributed by atoms with van der Waals surface area (Å²) in [5.41, 5.74) is 1.61. The van der Waals surface area contributed by atoms with E-state index in [-0.39, 0.29) is 24.9 Å².